The highest BCUT2D eigenvalue weighted by Gasteiger charge is 2.16. The zero-order valence-corrected chi connectivity index (χ0v) is 20.1. The van der Waals surface area contributed by atoms with Gasteiger partial charge in [0.1, 0.15) is 23.6 Å². The van der Waals surface area contributed by atoms with Gasteiger partial charge in [-0.2, -0.15) is 0 Å². The lowest BCUT2D eigenvalue weighted by atomic mass is 10.2. The van der Waals surface area contributed by atoms with Crippen molar-refractivity contribution >= 4 is 22.7 Å². The summed E-state index contributed by atoms with van der Waals surface area (Å²) in [6.07, 6.45) is 1.77. The van der Waals surface area contributed by atoms with Crippen LogP contribution >= 0.6 is 0 Å². The first-order valence-corrected chi connectivity index (χ1v) is 11.8. The third-order valence-corrected chi connectivity index (χ3v) is 5.87. The Morgan fingerprint density at radius 1 is 0.676 bits per heavy atom. The summed E-state index contributed by atoms with van der Waals surface area (Å²) in [5.74, 6) is 3.50. The van der Waals surface area contributed by atoms with Crippen LogP contribution in [0, 0.1) is 0 Å². The Hall–Kier alpha value is -5.17. The number of hydrogen-bond donors (Lipinski definition) is 1. The Balaban J connectivity index is 1.38. The zero-order valence-electron chi connectivity index (χ0n) is 20.1. The molecule has 7 heteroatoms. The maximum atomic E-state index is 5.92. The molecule has 0 bridgehead atoms. The highest BCUT2D eigenvalue weighted by molar-refractivity contribution is 5.88. The van der Waals surface area contributed by atoms with Crippen molar-refractivity contribution in [2.24, 2.45) is 0 Å². The zero-order chi connectivity index (χ0) is 25.0. The minimum absolute atomic E-state index is 0.583. The number of fused-ring (bicyclic) bond motifs is 1. The lowest BCUT2D eigenvalue weighted by Gasteiger charge is -2.11. The molecule has 0 aliphatic carbocycles. The predicted molar refractivity (Wildman–Crippen MR) is 145 cm³/mol. The van der Waals surface area contributed by atoms with E-state index in [1.807, 2.05) is 114 Å². The van der Waals surface area contributed by atoms with Crippen molar-refractivity contribution in [2.45, 2.75) is 0 Å². The van der Waals surface area contributed by atoms with Crippen molar-refractivity contribution in [1.29, 1.82) is 0 Å². The Bertz CT molecular complexity index is 1630. The second-order valence-electron chi connectivity index (χ2n) is 8.31. The second kappa shape index (κ2) is 9.83. The van der Waals surface area contributed by atoms with Gasteiger partial charge in [0.15, 0.2) is 22.8 Å². The molecule has 2 heterocycles. The van der Waals surface area contributed by atoms with Crippen molar-refractivity contribution in [2.75, 3.05) is 12.4 Å². The van der Waals surface area contributed by atoms with Crippen molar-refractivity contribution in [3.8, 4) is 34.3 Å². The number of rotatable bonds is 7. The molecule has 2 aromatic heterocycles. The molecule has 6 rings (SSSR count). The Labute approximate surface area is 214 Å². The summed E-state index contributed by atoms with van der Waals surface area (Å²) in [5.41, 5.74) is 4.08. The fraction of sp³-hybridized carbons (Fsp3) is 0.0333. The summed E-state index contributed by atoms with van der Waals surface area (Å²) in [5, 5.41) is 3.43. The minimum Gasteiger partial charge on any atom is -0.497 e. The van der Waals surface area contributed by atoms with Gasteiger partial charge in [-0.1, -0.05) is 36.4 Å². The molecule has 1 N–H and O–H groups in total. The molecule has 7 nitrogen and oxygen atoms in total. The molecule has 37 heavy (non-hydrogen) atoms. The van der Waals surface area contributed by atoms with E-state index in [-0.39, 0.29) is 0 Å². The number of nitrogens with zero attached hydrogens (tertiary/aromatic N) is 4. The summed E-state index contributed by atoms with van der Waals surface area (Å²) in [4.78, 5) is 14.4. The number of para-hydroxylation sites is 2. The van der Waals surface area contributed by atoms with E-state index in [2.05, 4.69) is 10.3 Å². The fourth-order valence-corrected chi connectivity index (χ4v) is 4.00. The molecule has 0 fully saturated rings. The standard InChI is InChI=1S/C30H23N5O2/c1-36-24-16-12-21(13-17-24)28-33-29(27-30(34-28)35(20-31-27)23-8-4-2-5-9-23)32-22-14-18-26(19-15-22)37-25-10-6-3-7-11-25/h2-20H,1H3,(H,32,33,34). The van der Waals surface area contributed by atoms with E-state index < -0.39 is 0 Å². The molecular weight excluding hydrogens is 462 g/mol. The molecule has 4 aromatic carbocycles. The van der Waals surface area contributed by atoms with Crippen LogP contribution in [0.15, 0.2) is 116 Å². The molecule has 0 unspecified atom stereocenters. The summed E-state index contributed by atoms with van der Waals surface area (Å²) in [6, 6.07) is 35.1. The molecule has 0 aliphatic rings. The molecule has 0 aliphatic heterocycles. The normalized spacial score (nSPS) is 10.8. The summed E-state index contributed by atoms with van der Waals surface area (Å²) in [6.45, 7) is 0. The molecule has 0 radical (unpaired) electrons. The van der Waals surface area contributed by atoms with E-state index in [1.165, 1.54) is 0 Å². The van der Waals surface area contributed by atoms with E-state index >= 15 is 0 Å². The van der Waals surface area contributed by atoms with Crippen molar-refractivity contribution in [3.63, 3.8) is 0 Å². The molecule has 180 valence electrons. The van der Waals surface area contributed by atoms with Gasteiger partial charge in [0, 0.05) is 16.9 Å². The minimum atomic E-state index is 0.583. The van der Waals surface area contributed by atoms with E-state index in [9.17, 15) is 0 Å². The number of imidazole rings is 1. The first-order valence-electron chi connectivity index (χ1n) is 11.8. The van der Waals surface area contributed by atoms with E-state index in [0.29, 0.717) is 22.8 Å². The molecule has 0 saturated heterocycles. The third kappa shape index (κ3) is 4.70. The van der Waals surface area contributed by atoms with E-state index in [0.717, 1.165) is 34.2 Å². The maximum Gasteiger partial charge on any atom is 0.170 e. The number of benzene rings is 4. The average molecular weight is 486 g/mol. The number of methoxy groups -OCH3 is 1. The Morgan fingerprint density at radius 2 is 1.32 bits per heavy atom. The van der Waals surface area contributed by atoms with Gasteiger partial charge < -0.3 is 14.8 Å². The molecule has 6 aromatic rings. The van der Waals surface area contributed by atoms with Crippen LogP contribution in [0.2, 0.25) is 0 Å². The number of ether oxygens (including phenoxy) is 2. The number of aromatic nitrogens is 4. The van der Waals surface area contributed by atoms with Crippen molar-refractivity contribution in [3.05, 3.63) is 116 Å². The fourth-order valence-electron chi connectivity index (χ4n) is 4.00. The third-order valence-electron chi connectivity index (χ3n) is 5.87. The molecule has 0 amide bonds. The van der Waals surface area contributed by atoms with Gasteiger partial charge >= 0.3 is 0 Å². The van der Waals surface area contributed by atoms with Crippen molar-refractivity contribution in [1.82, 2.24) is 19.5 Å². The summed E-state index contributed by atoms with van der Waals surface area (Å²) in [7, 11) is 1.65. The van der Waals surface area contributed by atoms with Crippen LogP contribution in [0.1, 0.15) is 0 Å². The number of anilines is 2. The number of hydrogen-bond acceptors (Lipinski definition) is 6. The second-order valence-corrected chi connectivity index (χ2v) is 8.31. The maximum absolute atomic E-state index is 5.92. The lowest BCUT2D eigenvalue weighted by Crippen LogP contribution is -2.01. The molecule has 0 saturated carbocycles. The van der Waals surface area contributed by atoms with Crippen LogP contribution in [0.3, 0.4) is 0 Å². The summed E-state index contributed by atoms with van der Waals surface area (Å²) < 4.78 is 13.2. The van der Waals surface area contributed by atoms with Crippen LogP contribution < -0.4 is 14.8 Å². The highest BCUT2D eigenvalue weighted by atomic mass is 16.5. The average Bonchev–Trinajstić information content (AvgIpc) is 3.40. The van der Waals surface area contributed by atoms with Gasteiger partial charge in [-0.3, -0.25) is 4.57 Å². The SMILES string of the molecule is COc1ccc(-c2nc(Nc3ccc(Oc4ccccc4)cc3)c3ncn(-c4ccccc4)c3n2)cc1. The Kier molecular flexibility index (Phi) is 5.93. The van der Waals surface area contributed by atoms with E-state index in [4.69, 9.17) is 19.4 Å². The van der Waals surface area contributed by atoms with Gasteiger partial charge in [0.25, 0.3) is 0 Å². The lowest BCUT2D eigenvalue weighted by molar-refractivity contribution is 0.415. The van der Waals surface area contributed by atoms with Crippen LogP contribution in [-0.2, 0) is 0 Å². The quantitative estimate of drug-likeness (QED) is 0.262. The van der Waals surface area contributed by atoms with Crippen LogP contribution in [-0.4, -0.2) is 26.6 Å². The molecule has 0 spiro atoms. The van der Waals surface area contributed by atoms with E-state index in [1.54, 1.807) is 13.4 Å². The van der Waals surface area contributed by atoms with Crippen LogP contribution in [0.25, 0.3) is 28.2 Å². The summed E-state index contributed by atoms with van der Waals surface area (Å²) >= 11 is 0. The van der Waals surface area contributed by atoms with Gasteiger partial charge in [0.05, 0.1) is 7.11 Å². The number of nitrogens with one attached hydrogen (secondary N) is 1. The van der Waals surface area contributed by atoms with Crippen molar-refractivity contribution < 1.29 is 9.47 Å². The van der Waals surface area contributed by atoms with Gasteiger partial charge in [0.2, 0.25) is 0 Å². The van der Waals surface area contributed by atoms with Gasteiger partial charge in [-0.05, 0) is 72.8 Å². The Morgan fingerprint density at radius 3 is 2.03 bits per heavy atom. The first kappa shape index (κ1) is 22.3. The smallest absolute Gasteiger partial charge is 0.170 e. The van der Waals surface area contributed by atoms with Crippen LogP contribution in [0.4, 0.5) is 11.5 Å². The topological polar surface area (TPSA) is 74.1 Å². The van der Waals surface area contributed by atoms with Gasteiger partial charge in [-0.25, -0.2) is 15.0 Å². The predicted octanol–water partition coefficient (Wildman–Crippen LogP) is 7.03. The van der Waals surface area contributed by atoms with Gasteiger partial charge in [-0.15, -0.1) is 0 Å². The monoisotopic (exact) mass is 485 g/mol. The largest absolute Gasteiger partial charge is 0.497 e. The first-order chi connectivity index (χ1) is 18.3. The highest BCUT2D eigenvalue weighted by Crippen LogP contribution is 2.30. The molecule has 0 atom stereocenters. The molecular formula is C30H23N5O2. The van der Waals surface area contributed by atoms with Crippen LogP contribution in [0.5, 0.6) is 17.2 Å².